The molecular formula is C13H8BrF3N2S. The lowest BCUT2D eigenvalue weighted by atomic mass is 10.1. The molecule has 0 fully saturated rings. The molecule has 2 aromatic carbocycles. The predicted molar refractivity (Wildman–Crippen MR) is 79.6 cm³/mol. The highest BCUT2D eigenvalue weighted by Crippen LogP contribution is 2.28. The maximum atomic E-state index is 13.7. The summed E-state index contributed by atoms with van der Waals surface area (Å²) in [7, 11) is 0. The van der Waals surface area contributed by atoms with Crippen molar-refractivity contribution in [3.8, 4) is 0 Å². The zero-order chi connectivity index (χ0) is 14.9. The molecule has 0 amide bonds. The minimum Gasteiger partial charge on any atom is -0.389 e. The van der Waals surface area contributed by atoms with E-state index in [1.807, 2.05) is 0 Å². The van der Waals surface area contributed by atoms with Gasteiger partial charge in [-0.15, -0.1) is 0 Å². The molecule has 0 heterocycles. The number of hydrogen-bond donors (Lipinski definition) is 2. The molecule has 0 aliphatic carbocycles. The van der Waals surface area contributed by atoms with Gasteiger partial charge in [0.1, 0.15) is 22.4 Å². The zero-order valence-corrected chi connectivity index (χ0v) is 12.3. The molecule has 0 saturated carbocycles. The van der Waals surface area contributed by atoms with Crippen molar-refractivity contribution in [3.63, 3.8) is 0 Å². The fourth-order valence-electron chi connectivity index (χ4n) is 1.64. The van der Waals surface area contributed by atoms with Crippen molar-refractivity contribution in [2.24, 2.45) is 5.73 Å². The summed E-state index contributed by atoms with van der Waals surface area (Å²) in [4.78, 5) is -0.177. The van der Waals surface area contributed by atoms with E-state index < -0.39 is 17.5 Å². The lowest BCUT2D eigenvalue weighted by molar-refractivity contribution is 0.597. The van der Waals surface area contributed by atoms with E-state index in [1.165, 1.54) is 18.2 Å². The quantitative estimate of drug-likeness (QED) is 0.634. The number of anilines is 2. The Balaban J connectivity index is 2.48. The van der Waals surface area contributed by atoms with Gasteiger partial charge in [-0.25, -0.2) is 13.2 Å². The first-order valence-electron chi connectivity index (χ1n) is 5.40. The van der Waals surface area contributed by atoms with Crippen LogP contribution in [0, 0.1) is 17.5 Å². The van der Waals surface area contributed by atoms with Crippen molar-refractivity contribution in [3.05, 3.63) is 57.8 Å². The van der Waals surface area contributed by atoms with E-state index in [0.717, 1.165) is 12.1 Å². The Hall–Kier alpha value is -1.60. The summed E-state index contributed by atoms with van der Waals surface area (Å²) in [6.45, 7) is 0. The number of thiocarbonyl (C=S) groups is 1. The van der Waals surface area contributed by atoms with Crippen molar-refractivity contribution in [2.75, 3.05) is 5.32 Å². The van der Waals surface area contributed by atoms with Crippen LogP contribution in [0.25, 0.3) is 0 Å². The summed E-state index contributed by atoms with van der Waals surface area (Å²) in [5.74, 6) is -1.99. The van der Waals surface area contributed by atoms with Crippen LogP contribution < -0.4 is 11.1 Å². The molecule has 0 aliphatic rings. The molecule has 0 aliphatic heterocycles. The summed E-state index contributed by atoms with van der Waals surface area (Å²) in [5, 5.41) is 2.59. The molecule has 7 heteroatoms. The molecule has 0 aromatic heterocycles. The Bertz CT molecular complexity index is 692. The van der Waals surface area contributed by atoms with Crippen LogP contribution in [-0.2, 0) is 0 Å². The van der Waals surface area contributed by atoms with E-state index in [-0.39, 0.29) is 26.4 Å². The Morgan fingerprint density at radius 1 is 1.05 bits per heavy atom. The van der Waals surface area contributed by atoms with Crippen LogP contribution in [0.1, 0.15) is 5.56 Å². The summed E-state index contributed by atoms with van der Waals surface area (Å²) >= 11 is 7.63. The summed E-state index contributed by atoms with van der Waals surface area (Å²) < 4.78 is 40.8. The lowest BCUT2D eigenvalue weighted by Gasteiger charge is -2.13. The predicted octanol–water partition coefficient (Wildman–Crippen LogP) is 4.24. The Morgan fingerprint density at radius 2 is 1.75 bits per heavy atom. The van der Waals surface area contributed by atoms with E-state index in [2.05, 4.69) is 21.2 Å². The minimum atomic E-state index is -0.698. The third-order valence-electron chi connectivity index (χ3n) is 2.54. The number of rotatable bonds is 3. The summed E-state index contributed by atoms with van der Waals surface area (Å²) in [6, 6.07) is 5.98. The third kappa shape index (κ3) is 2.94. The Morgan fingerprint density at radius 3 is 2.40 bits per heavy atom. The normalized spacial score (nSPS) is 10.4. The highest BCUT2D eigenvalue weighted by molar-refractivity contribution is 9.10. The maximum absolute atomic E-state index is 13.7. The molecule has 0 bridgehead atoms. The molecule has 20 heavy (non-hydrogen) atoms. The highest BCUT2D eigenvalue weighted by atomic mass is 79.9. The van der Waals surface area contributed by atoms with Crippen molar-refractivity contribution in [2.45, 2.75) is 0 Å². The van der Waals surface area contributed by atoms with Gasteiger partial charge in [0, 0.05) is 6.07 Å². The molecule has 0 unspecified atom stereocenters. The van der Waals surface area contributed by atoms with Crippen molar-refractivity contribution < 1.29 is 13.2 Å². The molecule has 2 rings (SSSR count). The minimum absolute atomic E-state index is 0.00522. The topological polar surface area (TPSA) is 38.0 Å². The van der Waals surface area contributed by atoms with Gasteiger partial charge < -0.3 is 11.1 Å². The number of benzene rings is 2. The first kappa shape index (κ1) is 14.8. The fourth-order valence-corrected chi connectivity index (χ4v) is 2.17. The molecule has 0 saturated heterocycles. The molecule has 0 spiro atoms. The van der Waals surface area contributed by atoms with Crippen molar-refractivity contribution in [1.29, 1.82) is 0 Å². The third-order valence-corrected chi connectivity index (χ3v) is 3.35. The van der Waals surface area contributed by atoms with E-state index in [1.54, 1.807) is 0 Å². The van der Waals surface area contributed by atoms with E-state index >= 15 is 0 Å². The Kier molecular flexibility index (Phi) is 4.29. The summed E-state index contributed by atoms with van der Waals surface area (Å²) in [6.07, 6.45) is 0. The molecule has 3 N–H and O–H groups in total. The van der Waals surface area contributed by atoms with Crippen LogP contribution in [0.3, 0.4) is 0 Å². The molecule has 0 atom stereocenters. The molecule has 104 valence electrons. The number of hydrogen-bond acceptors (Lipinski definition) is 2. The fraction of sp³-hybridized carbons (Fsp3) is 0. The molecule has 2 aromatic rings. The second-order valence-corrected chi connectivity index (χ2v) is 5.19. The van der Waals surface area contributed by atoms with Crippen LogP contribution in [0.15, 0.2) is 34.8 Å². The second kappa shape index (κ2) is 5.80. The van der Waals surface area contributed by atoms with Gasteiger partial charge in [0.2, 0.25) is 0 Å². The smallest absolute Gasteiger partial charge is 0.147 e. The number of halogens is 4. The second-order valence-electron chi connectivity index (χ2n) is 3.90. The SMILES string of the molecule is NC(=S)c1c(F)cccc1Nc1cc(F)c(Br)cc1F. The van der Waals surface area contributed by atoms with E-state index in [9.17, 15) is 13.2 Å². The van der Waals surface area contributed by atoms with Crippen LogP contribution >= 0.6 is 28.1 Å². The number of nitrogens with two attached hydrogens (primary N) is 1. The largest absolute Gasteiger partial charge is 0.389 e. The maximum Gasteiger partial charge on any atom is 0.147 e. The first-order chi connectivity index (χ1) is 9.40. The zero-order valence-electron chi connectivity index (χ0n) is 9.88. The average molecular weight is 361 g/mol. The summed E-state index contributed by atoms with van der Waals surface area (Å²) in [5.41, 5.74) is 5.41. The number of nitrogens with one attached hydrogen (secondary N) is 1. The van der Waals surface area contributed by atoms with Gasteiger partial charge in [-0.3, -0.25) is 0 Å². The van der Waals surface area contributed by atoms with E-state index in [0.29, 0.717) is 0 Å². The van der Waals surface area contributed by atoms with Gasteiger partial charge in [-0.05, 0) is 34.1 Å². The van der Waals surface area contributed by atoms with Gasteiger partial charge in [-0.2, -0.15) is 0 Å². The van der Waals surface area contributed by atoms with Crippen LogP contribution in [-0.4, -0.2) is 4.99 Å². The highest BCUT2D eigenvalue weighted by Gasteiger charge is 2.14. The van der Waals surface area contributed by atoms with Crippen LogP contribution in [0.5, 0.6) is 0 Å². The molecular weight excluding hydrogens is 353 g/mol. The monoisotopic (exact) mass is 360 g/mol. The van der Waals surface area contributed by atoms with Crippen LogP contribution in [0.2, 0.25) is 0 Å². The van der Waals surface area contributed by atoms with Gasteiger partial charge in [-0.1, -0.05) is 18.3 Å². The standard InChI is InChI=1S/C13H8BrF3N2S/c14-6-4-9(17)11(5-8(6)16)19-10-3-1-2-7(15)12(10)13(18)20/h1-5,19H,(H2,18,20). The Labute approximate surface area is 126 Å². The first-order valence-corrected chi connectivity index (χ1v) is 6.60. The molecule has 0 radical (unpaired) electrons. The lowest BCUT2D eigenvalue weighted by Crippen LogP contribution is -2.14. The van der Waals surface area contributed by atoms with Crippen molar-refractivity contribution in [1.82, 2.24) is 0 Å². The van der Waals surface area contributed by atoms with Gasteiger partial charge in [0.25, 0.3) is 0 Å². The van der Waals surface area contributed by atoms with Gasteiger partial charge in [0.05, 0.1) is 21.4 Å². The van der Waals surface area contributed by atoms with Crippen molar-refractivity contribution >= 4 is 44.5 Å². The van der Waals surface area contributed by atoms with Gasteiger partial charge >= 0.3 is 0 Å². The van der Waals surface area contributed by atoms with E-state index in [4.69, 9.17) is 18.0 Å². The van der Waals surface area contributed by atoms with Gasteiger partial charge in [0.15, 0.2) is 0 Å². The average Bonchev–Trinajstić information content (AvgIpc) is 2.35. The molecule has 2 nitrogen and oxygen atoms in total. The van der Waals surface area contributed by atoms with Crippen LogP contribution in [0.4, 0.5) is 24.5 Å².